The largest absolute Gasteiger partial charge is 0.507 e. The topological polar surface area (TPSA) is 97.7 Å². The first kappa shape index (κ1) is 17.9. The van der Waals surface area contributed by atoms with Crippen molar-refractivity contribution in [3.8, 4) is 11.5 Å². The summed E-state index contributed by atoms with van der Waals surface area (Å²) >= 11 is 6.16. The van der Waals surface area contributed by atoms with Crippen LogP contribution in [0.5, 0.6) is 11.5 Å². The van der Waals surface area contributed by atoms with Gasteiger partial charge in [0, 0.05) is 30.4 Å². The number of furan rings is 1. The average molecular weight is 377 g/mol. The lowest BCUT2D eigenvalue weighted by Crippen LogP contribution is -2.10. The van der Waals surface area contributed by atoms with E-state index < -0.39 is 5.97 Å². The van der Waals surface area contributed by atoms with E-state index in [1.54, 1.807) is 18.7 Å². The summed E-state index contributed by atoms with van der Waals surface area (Å²) in [5.41, 5.74) is 1.25. The van der Waals surface area contributed by atoms with Gasteiger partial charge >= 0.3 is 5.97 Å². The van der Waals surface area contributed by atoms with Gasteiger partial charge in [-0.25, -0.2) is 9.78 Å². The molecule has 0 aliphatic carbocycles. The fourth-order valence-corrected chi connectivity index (χ4v) is 3.02. The number of rotatable bonds is 6. The highest BCUT2D eigenvalue weighted by Gasteiger charge is 2.23. The summed E-state index contributed by atoms with van der Waals surface area (Å²) < 4.78 is 11.7. The quantitative estimate of drug-likeness (QED) is 0.641. The number of phenols is 2. The van der Waals surface area contributed by atoms with Gasteiger partial charge < -0.3 is 23.9 Å². The van der Waals surface area contributed by atoms with Crippen molar-refractivity contribution < 1.29 is 24.2 Å². The second-order valence-corrected chi connectivity index (χ2v) is 6.05. The number of methoxy groups -OCH3 is 1. The Hall–Kier alpha value is -2.93. The number of halogens is 1. The number of benzene rings is 1. The fraction of sp³-hybridized carbons (Fsp3) is 0.222. The van der Waals surface area contributed by atoms with Crippen molar-refractivity contribution in [2.24, 2.45) is 0 Å². The van der Waals surface area contributed by atoms with Crippen LogP contribution in [0.15, 0.2) is 41.5 Å². The molecular weight excluding hydrogens is 360 g/mol. The Kier molecular flexibility index (Phi) is 5.18. The maximum atomic E-state index is 12.0. The number of carbonyl (C=O) groups is 1. The minimum absolute atomic E-state index is 0.0103. The molecule has 0 spiro atoms. The second kappa shape index (κ2) is 7.53. The van der Waals surface area contributed by atoms with E-state index in [9.17, 15) is 15.0 Å². The molecule has 2 aromatic heterocycles. The van der Waals surface area contributed by atoms with E-state index in [0.717, 1.165) is 17.5 Å². The van der Waals surface area contributed by atoms with Gasteiger partial charge in [-0.3, -0.25) is 0 Å². The number of hydrogen-bond donors (Lipinski definition) is 2. The SMILES string of the molecule is COC(=O)c1c(O)cc(O)c(Cl)c1CCc1nccn1Cc1ccoc1. The number of aromatic hydroxyl groups is 2. The van der Waals surface area contributed by atoms with Crippen molar-refractivity contribution in [3.63, 3.8) is 0 Å². The van der Waals surface area contributed by atoms with E-state index in [4.69, 9.17) is 20.8 Å². The first-order chi connectivity index (χ1) is 12.5. The van der Waals surface area contributed by atoms with Crippen molar-refractivity contribution in [2.45, 2.75) is 19.4 Å². The second-order valence-electron chi connectivity index (χ2n) is 5.68. The summed E-state index contributed by atoms with van der Waals surface area (Å²) in [6.45, 7) is 0.592. The van der Waals surface area contributed by atoms with Crippen molar-refractivity contribution >= 4 is 17.6 Å². The Labute approximate surface area is 154 Å². The molecule has 8 heteroatoms. The Balaban J connectivity index is 1.87. The third-order valence-electron chi connectivity index (χ3n) is 4.04. The van der Waals surface area contributed by atoms with Gasteiger partial charge in [0.25, 0.3) is 0 Å². The van der Waals surface area contributed by atoms with Crippen molar-refractivity contribution in [1.82, 2.24) is 9.55 Å². The molecule has 0 saturated heterocycles. The summed E-state index contributed by atoms with van der Waals surface area (Å²) in [6.07, 6.45) is 7.50. The number of hydrogen-bond acceptors (Lipinski definition) is 6. The molecule has 26 heavy (non-hydrogen) atoms. The molecule has 0 unspecified atom stereocenters. The summed E-state index contributed by atoms with van der Waals surface area (Å²) in [5, 5.41) is 19.9. The summed E-state index contributed by atoms with van der Waals surface area (Å²) in [4.78, 5) is 16.3. The van der Waals surface area contributed by atoms with Crippen LogP contribution in [0.3, 0.4) is 0 Å². The van der Waals surface area contributed by atoms with Crippen LogP contribution in [0.4, 0.5) is 0 Å². The molecule has 0 fully saturated rings. The molecule has 2 N–H and O–H groups in total. The zero-order valence-corrected chi connectivity index (χ0v) is 14.7. The highest BCUT2D eigenvalue weighted by atomic mass is 35.5. The summed E-state index contributed by atoms with van der Waals surface area (Å²) in [5.74, 6) is -0.633. The molecule has 0 aliphatic heterocycles. The number of esters is 1. The molecule has 136 valence electrons. The van der Waals surface area contributed by atoms with Crippen LogP contribution in [-0.4, -0.2) is 32.8 Å². The molecule has 0 atom stereocenters. The van der Waals surface area contributed by atoms with Gasteiger partial charge in [0.05, 0.1) is 31.2 Å². The smallest absolute Gasteiger partial charge is 0.341 e. The lowest BCUT2D eigenvalue weighted by Gasteiger charge is -2.13. The standard InChI is InChI=1S/C18H17ClN2O5/c1-25-18(24)16-12(17(19)14(23)8-13(16)22)2-3-15-20-5-6-21(15)9-11-4-7-26-10-11/h4-8,10,22-23H,2-3,9H2,1H3. The Morgan fingerprint density at radius 3 is 2.85 bits per heavy atom. The van der Waals surface area contributed by atoms with E-state index in [-0.39, 0.29) is 28.5 Å². The first-order valence-corrected chi connectivity index (χ1v) is 8.21. The number of ether oxygens (including phenoxy) is 1. The lowest BCUT2D eigenvalue weighted by atomic mass is 10.0. The molecule has 2 heterocycles. The van der Waals surface area contributed by atoms with Crippen LogP contribution >= 0.6 is 11.6 Å². The summed E-state index contributed by atoms with van der Waals surface area (Å²) in [6, 6.07) is 2.89. The number of aromatic nitrogens is 2. The van der Waals surface area contributed by atoms with E-state index >= 15 is 0 Å². The van der Waals surface area contributed by atoms with E-state index in [1.165, 1.54) is 7.11 Å². The van der Waals surface area contributed by atoms with Gasteiger partial charge in [-0.15, -0.1) is 0 Å². The van der Waals surface area contributed by atoms with Gasteiger partial charge in [-0.2, -0.15) is 0 Å². The predicted octanol–water partition coefficient (Wildman–Crippen LogP) is 3.16. The highest BCUT2D eigenvalue weighted by molar-refractivity contribution is 6.33. The summed E-state index contributed by atoms with van der Waals surface area (Å²) in [7, 11) is 1.21. The monoisotopic (exact) mass is 376 g/mol. The molecule has 0 radical (unpaired) electrons. The molecule has 3 rings (SSSR count). The van der Waals surface area contributed by atoms with E-state index in [0.29, 0.717) is 18.5 Å². The van der Waals surface area contributed by atoms with Crippen LogP contribution in [0, 0.1) is 0 Å². The predicted molar refractivity (Wildman–Crippen MR) is 93.6 cm³/mol. The Morgan fingerprint density at radius 1 is 1.35 bits per heavy atom. The maximum Gasteiger partial charge on any atom is 0.341 e. The Bertz CT molecular complexity index is 918. The van der Waals surface area contributed by atoms with Gasteiger partial charge in [0.15, 0.2) is 0 Å². The van der Waals surface area contributed by atoms with Crippen molar-refractivity contribution in [3.05, 3.63) is 64.6 Å². The van der Waals surface area contributed by atoms with Crippen LogP contribution in [0.1, 0.15) is 27.3 Å². The molecular formula is C18H17ClN2O5. The van der Waals surface area contributed by atoms with Gasteiger partial charge in [0.2, 0.25) is 0 Å². The molecule has 0 amide bonds. The molecule has 7 nitrogen and oxygen atoms in total. The van der Waals surface area contributed by atoms with Crippen LogP contribution < -0.4 is 0 Å². The van der Waals surface area contributed by atoms with Gasteiger partial charge in [-0.1, -0.05) is 11.6 Å². The maximum absolute atomic E-state index is 12.0. The number of nitrogens with zero attached hydrogens (tertiary/aromatic N) is 2. The number of imidazole rings is 1. The highest BCUT2D eigenvalue weighted by Crippen LogP contribution is 2.37. The number of phenolic OH excluding ortho intramolecular Hbond substituents is 2. The molecule has 1 aromatic carbocycles. The van der Waals surface area contributed by atoms with Gasteiger partial charge in [-0.05, 0) is 18.1 Å². The lowest BCUT2D eigenvalue weighted by molar-refractivity contribution is 0.0596. The zero-order chi connectivity index (χ0) is 18.7. The minimum atomic E-state index is -0.721. The molecule has 3 aromatic rings. The Morgan fingerprint density at radius 2 is 2.15 bits per heavy atom. The van der Waals surface area contributed by atoms with Crippen molar-refractivity contribution in [2.75, 3.05) is 7.11 Å². The molecule has 0 aliphatic rings. The van der Waals surface area contributed by atoms with Gasteiger partial charge in [0.1, 0.15) is 22.9 Å². The third kappa shape index (κ3) is 3.52. The van der Waals surface area contributed by atoms with Crippen LogP contribution in [0.2, 0.25) is 5.02 Å². The molecule has 0 bridgehead atoms. The first-order valence-electron chi connectivity index (χ1n) is 7.84. The zero-order valence-electron chi connectivity index (χ0n) is 14.0. The fourth-order valence-electron chi connectivity index (χ4n) is 2.78. The number of aryl methyl sites for hydroxylation is 1. The van der Waals surface area contributed by atoms with Crippen molar-refractivity contribution in [1.29, 1.82) is 0 Å². The average Bonchev–Trinajstić information content (AvgIpc) is 3.28. The molecule has 0 saturated carbocycles. The van der Waals surface area contributed by atoms with Crippen LogP contribution in [-0.2, 0) is 24.1 Å². The number of carbonyl (C=O) groups excluding carboxylic acids is 1. The van der Waals surface area contributed by atoms with E-state index in [1.807, 2.05) is 16.8 Å². The third-order valence-corrected chi connectivity index (χ3v) is 4.47. The van der Waals surface area contributed by atoms with Crippen LogP contribution in [0.25, 0.3) is 0 Å². The van der Waals surface area contributed by atoms with E-state index in [2.05, 4.69) is 4.98 Å². The minimum Gasteiger partial charge on any atom is -0.507 e. The normalized spacial score (nSPS) is 10.8.